The van der Waals surface area contributed by atoms with Crippen LogP contribution in [0.3, 0.4) is 0 Å². The quantitative estimate of drug-likeness (QED) is 0.550. The van der Waals surface area contributed by atoms with Crippen molar-refractivity contribution in [1.29, 1.82) is 0 Å². The van der Waals surface area contributed by atoms with Gasteiger partial charge in [-0.3, -0.25) is 14.6 Å². The van der Waals surface area contributed by atoms with E-state index in [9.17, 15) is 22.8 Å². The van der Waals surface area contributed by atoms with Crippen molar-refractivity contribution in [2.45, 2.75) is 38.5 Å². The van der Waals surface area contributed by atoms with Crippen LogP contribution in [0.1, 0.15) is 35.3 Å². The van der Waals surface area contributed by atoms with Gasteiger partial charge in [-0.2, -0.15) is 13.2 Å². The zero-order chi connectivity index (χ0) is 22.5. The Hall–Kier alpha value is -2.21. The van der Waals surface area contributed by atoms with E-state index in [0.29, 0.717) is 24.2 Å². The Morgan fingerprint density at radius 3 is 2.57 bits per heavy atom. The minimum atomic E-state index is -5.08. The van der Waals surface area contributed by atoms with Crippen LogP contribution in [-0.2, 0) is 14.3 Å². The number of nitrogens with one attached hydrogen (secondary N) is 2. The van der Waals surface area contributed by atoms with E-state index in [-0.39, 0.29) is 23.4 Å². The van der Waals surface area contributed by atoms with E-state index in [0.717, 1.165) is 30.4 Å². The van der Waals surface area contributed by atoms with E-state index in [1.54, 1.807) is 19.2 Å². The summed E-state index contributed by atoms with van der Waals surface area (Å²) in [6.45, 7) is 3.82. The Labute approximate surface area is 178 Å². The van der Waals surface area contributed by atoms with E-state index in [1.807, 2.05) is 0 Å². The molecule has 0 bridgehead atoms. The lowest BCUT2D eigenvalue weighted by molar-refractivity contribution is -0.192. The van der Waals surface area contributed by atoms with Gasteiger partial charge in [0.25, 0.3) is 5.91 Å². The lowest BCUT2D eigenvalue weighted by atomic mass is 9.76. The summed E-state index contributed by atoms with van der Waals surface area (Å²) in [5, 5.41) is 13.2. The molecule has 0 aliphatic carbocycles. The highest BCUT2D eigenvalue weighted by molar-refractivity contribution is 9.10. The third-order valence-electron chi connectivity index (χ3n) is 4.92. The molecule has 2 aliphatic rings. The van der Waals surface area contributed by atoms with Crippen LogP contribution >= 0.6 is 15.9 Å². The van der Waals surface area contributed by atoms with Crippen molar-refractivity contribution >= 4 is 33.8 Å². The van der Waals surface area contributed by atoms with Gasteiger partial charge in [-0.25, -0.2) is 4.79 Å². The van der Waals surface area contributed by atoms with Gasteiger partial charge in [0.15, 0.2) is 0 Å². The molecule has 3 N–H and O–H groups in total. The zero-order valence-electron chi connectivity index (χ0n) is 16.0. The fraction of sp³-hybridized carbons (Fsp3) is 0.556. The second-order valence-electron chi connectivity index (χ2n) is 7.06. The number of aromatic nitrogens is 1. The third-order valence-corrected chi connectivity index (χ3v) is 5.35. The van der Waals surface area contributed by atoms with Gasteiger partial charge in [0, 0.05) is 17.1 Å². The fourth-order valence-electron chi connectivity index (χ4n) is 3.30. The molecule has 3 heterocycles. The maximum Gasteiger partial charge on any atom is 0.490 e. The number of rotatable bonds is 3. The molecule has 0 saturated carbocycles. The van der Waals surface area contributed by atoms with E-state index in [4.69, 9.17) is 14.6 Å². The van der Waals surface area contributed by atoms with Crippen LogP contribution in [0.4, 0.5) is 13.2 Å². The number of carbonyl (C=O) groups is 3. The zero-order valence-corrected chi connectivity index (χ0v) is 17.6. The van der Waals surface area contributed by atoms with E-state index < -0.39 is 12.1 Å². The van der Waals surface area contributed by atoms with Gasteiger partial charge in [0.1, 0.15) is 6.10 Å². The minimum Gasteiger partial charge on any atom is -0.475 e. The highest BCUT2D eigenvalue weighted by atomic mass is 79.9. The number of nitrogens with zero attached hydrogens (tertiary/aromatic N) is 1. The number of hydrogen-bond donors (Lipinski definition) is 3. The molecular formula is C18H21BrF3N3O5. The summed E-state index contributed by atoms with van der Waals surface area (Å²) in [7, 11) is 0. The number of aliphatic carboxylic acids is 1. The standard InChI is InChI=1S/C16H20BrN3O3.C2HF3O2/c1-10-13(6-11(17)8-19-10)14(21)20-9-12-7-16(15(22)23-12)2-4-18-5-3-16;3-2(4,5)1(6)7/h6,8,12,18H,2-5,7,9H2,1H3,(H,20,21);(H,6,7). The molecule has 166 valence electrons. The SMILES string of the molecule is Cc1ncc(Br)cc1C(=O)NCC1CC2(CCNCC2)C(=O)O1.O=C(O)C(F)(F)F. The summed E-state index contributed by atoms with van der Waals surface area (Å²) in [6, 6.07) is 1.74. The van der Waals surface area contributed by atoms with Crippen molar-refractivity contribution in [1.82, 2.24) is 15.6 Å². The Balaban J connectivity index is 0.000000396. The van der Waals surface area contributed by atoms with Crippen LogP contribution in [0, 0.1) is 12.3 Å². The smallest absolute Gasteiger partial charge is 0.475 e. The van der Waals surface area contributed by atoms with Gasteiger partial charge in [-0.15, -0.1) is 0 Å². The van der Waals surface area contributed by atoms with Gasteiger partial charge in [-0.1, -0.05) is 0 Å². The molecule has 1 atom stereocenters. The van der Waals surface area contributed by atoms with Crippen molar-refractivity contribution in [3.05, 3.63) is 28.0 Å². The van der Waals surface area contributed by atoms with Crippen LogP contribution in [0.25, 0.3) is 0 Å². The van der Waals surface area contributed by atoms with E-state index in [1.165, 1.54) is 0 Å². The maximum atomic E-state index is 12.3. The van der Waals surface area contributed by atoms with Crippen LogP contribution < -0.4 is 10.6 Å². The third kappa shape index (κ3) is 6.14. The summed E-state index contributed by atoms with van der Waals surface area (Å²) in [4.78, 5) is 37.6. The number of ether oxygens (including phenoxy) is 1. The molecule has 3 rings (SSSR count). The van der Waals surface area contributed by atoms with Gasteiger partial charge in [0.05, 0.1) is 23.2 Å². The number of cyclic esters (lactones) is 1. The topological polar surface area (TPSA) is 118 Å². The highest BCUT2D eigenvalue weighted by Gasteiger charge is 2.49. The number of carbonyl (C=O) groups excluding carboxylic acids is 2. The van der Waals surface area contributed by atoms with Gasteiger partial charge in [-0.05, 0) is 54.9 Å². The van der Waals surface area contributed by atoms with Crippen LogP contribution in [0.5, 0.6) is 0 Å². The normalized spacial score (nSPS) is 20.2. The molecule has 12 heteroatoms. The minimum absolute atomic E-state index is 0.112. The Morgan fingerprint density at radius 1 is 1.40 bits per heavy atom. The summed E-state index contributed by atoms with van der Waals surface area (Å²) < 4.78 is 38.0. The lowest BCUT2D eigenvalue weighted by Crippen LogP contribution is -2.39. The van der Waals surface area contributed by atoms with Crippen LogP contribution in [0.15, 0.2) is 16.7 Å². The first-order valence-electron chi connectivity index (χ1n) is 9.07. The molecule has 30 heavy (non-hydrogen) atoms. The number of aryl methyl sites for hydroxylation is 1. The molecule has 2 fully saturated rings. The second-order valence-corrected chi connectivity index (χ2v) is 7.98. The molecule has 1 amide bonds. The number of amides is 1. The molecule has 1 aromatic heterocycles. The van der Waals surface area contributed by atoms with Crippen molar-refractivity contribution in [2.24, 2.45) is 5.41 Å². The summed E-state index contributed by atoms with van der Waals surface area (Å²) in [6.07, 6.45) is -1.37. The predicted molar refractivity (Wildman–Crippen MR) is 102 cm³/mol. The highest BCUT2D eigenvalue weighted by Crippen LogP contribution is 2.41. The summed E-state index contributed by atoms with van der Waals surface area (Å²) in [5.74, 6) is -3.07. The first kappa shape index (κ1) is 24.1. The number of halogens is 4. The van der Waals surface area contributed by atoms with Crippen molar-refractivity contribution in [3.63, 3.8) is 0 Å². The molecule has 1 unspecified atom stereocenters. The number of carboxylic acids is 1. The van der Waals surface area contributed by atoms with Gasteiger partial charge >= 0.3 is 18.1 Å². The molecule has 0 radical (unpaired) electrons. The van der Waals surface area contributed by atoms with Crippen LogP contribution in [0.2, 0.25) is 0 Å². The first-order valence-corrected chi connectivity index (χ1v) is 9.86. The molecule has 1 spiro atoms. The van der Waals surface area contributed by atoms with E-state index >= 15 is 0 Å². The lowest BCUT2D eigenvalue weighted by Gasteiger charge is -2.29. The molecular weight excluding hydrogens is 475 g/mol. The fourth-order valence-corrected chi connectivity index (χ4v) is 3.64. The number of piperidine rings is 1. The molecule has 2 saturated heterocycles. The molecule has 2 aliphatic heterocycles. The van der Waals surface area contributed by atoms with Gasteiger partial charge < -0.3 is 20.5 Å². The Kier molecular flexibility index (Phi) is 7.81. The summed E-state index contributed by atoms with van der Waals surface area (Å²) >= 11 is 3.32. The second kappa shape index (κ2) is 9.73. The average Bonchev–Trinajstić information content (AvgIpc) is 2.97. The number of alkyl halides is 3. The van der Waals surface area contributed by atoms with Crippen molar-refractivity contribution in [3.8, 4) is 0 Å². The van der Waals surface area contributed by atoms with Crippen molar-refractivity contribution < 1.29 is 37.4 Å². The number of hydrogen-bond acceptors (Lipinski definition) is 6. The number of esters is 1. The largest absolute Gasteiger partial charge is 0.490 e. The first-order chi connectivity index (χ1) is 13.9. The number of carboxylic acid groups (broad SMARTS) is 1. The monoisotopic (exact) mass is 495 g/mol. The van der Waals surface area contributed by atoms with Crippen molar-refractivity contribution in [2.75, 3.05) is 19.6 Å². The maximum absolute atomic E-state index is 12.3. The molecule has 8 nitrogen and oxygen atoms in total. The molecule has 0 aromatic carbocycles. The number of pyridine rings is 1. The Bertz CT molecular complexity index is 813. The van der Waals surface area contributed by atoms with Gasteiger partial charge in [0.2, 0.25) is 0 Å². The molecule has 1 aromatic rings. The van der Waals surface area contributed by atoms with Crippen LogP contribution in [-0.4, -0.2) is 59.9 Å². The average molecular weight is 496 g/mol. The van der Waals surface area contributed by atoms with E-state index in [2.05, 4.69) is 31.5 Å². The predicted octanol–water partition coefficient (Wildman–Crippen LogP) is 2.20. The Morgan fingerprint density at radius 2 is 2.00 bits per heavy atom. The summed E-state index contributed by atoms with van der Waals surface area (Å²) in [5.41, 5.74) is 0.845.